The molecule has 1 aromatic carbocycles. The summed E-state index contributed by atoms with van der Waals surface area (Å²) in [5.41, 5.74) is 7.23. The number of ether oxygens (including phenoxy) is 1. The molecule has 2 N–H and O–H groups in total. The minimum atomic E-state index is -0.921. The van der Waals surface area contributed by atoms with Crippen molar-refractivity contribution in [2.75, 3.05) is 25.9 Å². The van der Waals surface area contributed by atoms with Crippen LogP contribution in [0.25, 0.3) is 17.0 Å². The predicted molar refractivity (Wildman–Crippen MR) is 125 cm³/mol. The van der Waals surface area contributed by atoms with Gasteiger partial charge in [-0.05, 0) is 35.9 Å². The summed E-state index contributed by atoms with van der Waals surface area (Å²) >= 11 is 7.31. The molecule has 3 heterocycles. The van der Waals surface area contributed by atoms with Gasteiger partial charge in [-0.25, -0.2) is 14.8 Å². The summed E-state index contributed by atoms with van der Waals surface area (Å²) in [6.07, 6.45) is 4.86. The summed E-state index contributed by atoms with van der Waals surface area (Å²) in [5.74, 6) is -1.69. The van der Waals surface area contributed by atoms with Crippen LogP contribution in [0, 0.1) is 0 Å². The van der Waals surface area contributed by atoms with Crippen LogP contribution in [0.1, 0.15) is 10.4 Å². The number of aromatic nitrogens is 2. The standard InChI is InChI=1S/C22H20ClN5O4S/c1-32-22(31)17-11-27(10-13-4-6-15-16(9-13)25-12-26-19(15)24)20(29)21(30)28(17)8-2-3-14-5-7-18(23)33-14/h2-7,9,12,17H,8,10-11H2,1H3,(H2,24,25,26). The van der Waals surface area contributed by atoms with Crippen molar-refractivity contribution in [2.45, 2.75) is 12.6 Å². The van der Waals surface area contributed by atoms with E-state index in [-0.39, 0.29) is 19.6 Å². The maximum Gasteiger partial charge on any atom is 0.330 e. The summed E-state index contributed by atoms with van der Waals surface area (Å²) in [6, 6.07) is 8.02. The van der Waals surface area contributed by atoms with Gasteiger partial charge in [0.2, 0.25) is 0 Å². The molecule has 1 fully saturated rings. The molecule has 2 amide bonds. The number of methoxy groups -OCH3 is 1. The summed E-state index contributed by atoms with van der Waals surface area (Å²) in [4.78, 5) is 49.8. The number of piperazine rings is 1. The highest BCUT2D eigenvalue weighted by Crippen LogP contribution is 2.23. The minimum Gasteiger partial charge on any atom is -0.467 e. The highest BCUT2D eigenvalue weighted by Gasteiger charge is 2.42. The van der Waals surface area contributed by atoms with E-state index in [0.717, 1.165) is 10.4 Å². The summed E-state index contributed by atoms with van der Waals surface area (Å²) in [5, 5.41) is 0.694. The molecule has 1 aliphatic rings. The molecule has 2 aromatic heterocycles. The number of hydrogen-bond donors (Lipinski definition) is 1. The number of amides is 2. The van der Waals surface area contributed by atoms with Crippen LogP contribution in [0.5, 0.6) is 0 Å². The highest BCUT2D eigenvalue weighted by atomic mass is 35.5. The Morgan fingerprint density at radius 2 is 2.09 bits per heavy atom. The van der Waals surface area contributed by atoms with Crippen LogP contribution in [-0.4, -0.2) is 63.8 Å². The number of nitrogens with two attached hydrogens (primary N) is 1. The van der Waals surface area contributed by atoms with Crippen LogP contribution in [-0.2, 0) is 25.7 Å². The van der Waals surface area contributed by atoms with Gasteiger partial charge in [0.25, 0.3) is 0 Å². The van der Waals surface area contributed by atoms with Crippen LogP contribution in [0.4, 0.5) is 5.82 Å². The summed E-state index contributed by atoms with van der Waals surface area (Å²) in [7, 11) is 1.25. The monoisotopic (exact) mass is 485 g/mol. The molecule has 0 bridgehead atoms. The smallest absolute Gasteiger partial charge is 0.330 e. The summed E-state index contributed by atoms with van der Waals surface area (Å²) < 4.78 is 5.54. The number of fused-ring (bicyclic) bond motifs is 1. The van der Waals surface area contributed by atoms with E-state index in [1.54, 1.807) is 36.4 Å². The Morgan fingerprint density at radius 3 is 2.82 bits per heavy atom. The van der Waals surface area contributed by atoms with E-state index in [9.17, 15) is 14.4 Å². The zero-order valence-electron chi connectivity index (χ0n) is 17.6. The Balaban J connectivity index is 1.53. The van der Waals surface area contributed by atoms with Gasteiger partial charge in [-0.1, -0.05) is 23.7 Å². The number of rotatable bonds is 6. The van der Waals surface area contributed by atoms with Gasteiger partial charge in [-0.15, -0.1) is 11.3 Å². The van der Waals surface area contributed by atoms with Crippen molar-refractivity contribution >= 4 is 63.5 Å². The van der Waals surface area contributed by atoms with Crippen molar-refractivity contribution in [3.05, 3.63) is 57.5 Å². The largest absolute Gasteiger partial charge is 0.467 e. The lowest BCUT2D eigenvalue weighted by atomic mass is 10.1. The first-order chi connectivity index (χ1) is 15.9. The molecule has 0 aliphatic carbocycles. The number of carbonyl (C=O) groups excluding carboxylic acids is 3. The molecule has 3 aromatic rings. The topological polar surface area (TPSA) is 119 Å². The van der Waals surface area contributed by atoms with E-state index < -0.39 is 23.8 Å². The zero-order valence-corrected chi connectivity index (χ0v) is 19.2. The van der Waals surface area contributed by atoms with E-state index >= 15 is 0 Å². The lowest BCUT2D eigenvalue weighted by Crippen LogP contribution is -2.61. The molecular formula is C22H20ClN5O4S. The minimum absolute atomic E-state index is 0.0138. The number of hydrogen-bond acceptors (Lipinski definition) is 8. The van der Waals surface area contributed by atoms with Crippen molar-refractivity contribution < 1.29 is 19.1 Å². The Kier molecular flexibility index (Phi) is 6.57. The SMILES string of the molecule is COC(=O)C1CN(Cc2ccc3c(N)ncnc3c2)C(=O)C(=O)N1CC=Cc1ccc(Cl)s1. The molecule has 1 atom stereocenters. The Bertz CT molecular complexity index is 1260. The molecule has 1 aliphatic heterocycles. The van der Waals surface area contributed by atoms with Crippen LogP contribution < -0.4 is 5.73 Å². The number of esters is 1. The number of benzene rings is 1. The second kappa shape index (κ2) is 9.55. The van der Waals surface area contributed by atoms with Gasteiger partial charge < -0.3 is 20.3 Å². The molecule has 11 heteroatoms. The first kappa shape index (κ1) is 22.7. The molecule has 0 spiro atoms. The van der Waals surface area contributed by atoms with Crippen molar-refractivity contribution in [2.24, 2.45) is 0 Å². The number of thiophene rings is 1. The Morgan fingerprint density at radius 1 is 1.27 bits per heavy atom. The fourth-order valence-corrected chi connectivity index (χ4v) is 4.61. The second-order valence-electron chi connectivity index (χ2n) is 7.34. The van der Waals surface area contributed by atoms with E-state index in [1.807, 2.05) is 6.07 Å². The van der Waals surface area contributed by atoms with Gasteiger partial charge in [-0.3, -0.25) is 9.59 Å². The lowest BCUT2D eigenvalue weighted by Gasteiger charge is -2.38. The van der Waals surface area contributed by atoms with E-state index in [1.165, 1.54) is 34.6 Å². The maximum absolute atomic E-state index is 12.9. The van der Waals surface area contributed by atoms with Crippen molar-refractivity contribution in [1.82, 2.24) is 19.8 Å². The second-order valence-corrected chi connectivity index (χ2v) is 9.08. The molecule has 0 radical (unpaired) electrons. The Labute approximate surface area is 198 Å². The third-order valence-electron chi connectivity index (χ3n) is 5.26. The number of nitrogens with zero attached hydrogens (tertiary/aromatic N) is 4. The molecule has 170 valence electrons. The van der Waals surface area contributed by atoms with Gasteiger partial charge in [0.15, 0.2) is 0 Å². The van der Waals surface area contributed by atoms with Gasteiger partial charge >= 0.3 is 17.8 Å². The zero-order chi connectivity index (χ0) is 23.5. The average molecular weight is 486 g/mol. The highest BCUT2D eigenvalue weighted by molar-refractivity contribution is 7.16. The van der Waals surface area contributed by atoms with E-state index in [4.69, 9.17) is 22.1 Å². The molecule has 4 rings (SSSR count). The predicted octanol–water partition coefficient (Wildman–Crippen LogP) is 2.35. The average Bonchev–Trinajstić information content (AvgIpc) is 3.22. The first-order valence-corrected chi connectivity index (χ1v) is 11.2. The Hall–Kier alpha value is -3.50. The third kappa shape index (κ3) is 4.81. The van der Waals surface area contributed by atoms with E-state index in [0.29, 0.717) is 21.1 Å². The fourth-order valence-electron chi connectivity index (χ4n) is 3.62. The van der Waals surface area contributed by atoms with Gasteiger partial charge in [0, 0.05) is 23.4 Å². The first-order valence-electron chi connectivity index (χ1n) is 9.96. The van der Waals surface area contributed by atoms with Crippen LogP contribution in [0.15, 0.2) is 42.7 Å². The van der Waals surface area contributed by atoms with Crippen LogP contribution in [0.3, 0.4) is 0 Å². The lowest BCUT2D eigenvalue weighted by molar-refractivity contribution is -0.166. The molecule has 1 unspecified atom stereocenters. The molecule has 9 nitrogen and oxygen atoms in total. The van der Waals surface area contributed by atoms with Crippen LogP contribution in [0.2, 0.25) is 4.34 Å². The number of halogens is 1. The van der Waals surface area contributed by atoms with Crippen LogP contribution >= 0.6 is 22.9 Å². The van der Waals surface area contributed by atoms with Crippen molar-refractivity contribution in [3.63, 3.8) is 0 Å². The van der Waals surface area contributed by atoms with E-state index in [2.05, 4.69) is 9.97 Å². The third-order valence-corrected chi connectivity index (χ3v) is 6.45. The number of nitrogen functional groups attached to an aromatic ring is 1. The quantitative estimate of drug-likeness (QED) is 0.420. The summed E-state index contributed by atoms with van der Waals surface area (Å²) in [6.45, 7) is 0.231. The molecule has 0 saturated carbocycles. The number of carbonyl (C=O) groups is 3. The van der Waals surface area contributed by atoms with Gasteiger partial charge in [0.05, 0.1) is 23.5 Å². The van der Waals surface area contributed by atoms with Crippen molar-refractivity contribution in [1.29, 1.82) is 0 Å². The fraction of sp³-hybridized carbons (Fsp3) is 0.227. The van der Waals surface area contributed by atoms with Gasteiger partial charge in [0.1, 0.15) is 18.2 Å². The molecular weight excluding hydrogens is 466 g/mol. The van der Waals surface area contributed by atoms with Gasteiger partial charge in [-0.2, -0.15) is 0 Å². The molecule has 1 saturated heterocycles. The van der Waals surface area contributed by atoms with Crippen molar-refractivity contribution in [3.8, 4) is 0 Å². The molecule has 33 heavy (non-hydrogen) atoms. The maximum atomic E-state index is 12.9. The normalized spacial score (nSPS) is 16.7. The number of anilines is 1.